The highest BCUT2D eigenvalue weighted by Crippen LogP contribution is 2.30. The number of fused-ring (bicyclic) bond motifs is 1. The molecular weight excluding hydrogens is 504 g/mol. The van der Waals surface area contributed by atoms with Crippen molar-refractivity contribution in [3.8, 4) is 16.9 Å². The highest BCUT2D eigenvalue weighted by atomic mass is 16.5. The zero-order chi connectivity index (χ0) is 28.4. The van der Waals surface area contributed by atoms with Crippen LogP contribution in [0.5, 0.6) is 5.75 Å². The highest BCUT2D eigenvalue weighted by molar-refractivity contribution is 6.01. The van der Waals surface area contributed by atoms with Gasteiger partial charge < -0.3 is 24.8 Å². The summed E-state index contributed by atoms with van der Waals surface area (Å²) in [6.07, 6.45) is 1.82. The molecule has 1 fully saturated rings. The van der Waals surface area contributed by atoms with Crippen LogP contribution in [-0.4, -0.2) is 65.1 Å². The molecule has 1 aliphatic rings. The van der Waals surface area contributed by atoms with Crippen molar-refractivity contribution in [2.24, 2.45) is 0 Å². The van der Waals surface area contributed by atoms with E-state index in [1.54, 1.807) is 25.1 Å². The number of amides is 1. The molecule has 40 heavy (non-hydrogen) atoms. The minimum atomic E-state index is -0.291. The lowest BCUT2D eigenvalue weighted by atomic mass is 10.00. The van der Waals surface area contributed by atoms with Crippen molar-refractivity contribution in [2.45, 2.75) is 40.3 Å². The number of anilines is 1. The van der Waals surface area contributed by atoms with Crippen molar-refractivity contribution >= 4 is 22.6 Å². The fraction of sp³-hybridized carbons (Fsp3) is 0.355. The van der Waals surface area contributed by atoms with Crippen molar-refractivity contribution in [3.63, 3.8) is 0 Å². The van der Waals surface area contributed by atoms with Gasteiger partial charge in [0.1, 0.15) is 11.6 Å². The largest absolute Gasteiger partial charge is 0.490 e. The molecule has 4 aromatic rings. The number of pyridine rings is 3. The van der Waals surface area contributed by atoms with Crippen LogP contribution in [-0.2, 0) is 6.54 Å². The molecule has 5 rings (SSSR count). The molecule has 1 aromatic carbocycles. The Bertz CT molecular complexity index is 1590. The quantitative estimate of drug-likeness (QED) is 0.364. The second-order valence-electron chi connectivity index (χ2n) is 10.7. The van der Waals surface area contributed by atoms with Gasteiger partial charge in [0.15, 0.2) is 0 Å². The molecule has 0 aliphatic carbocycles. The Balaban J connectivity index is 1.37. The number of nitrogens with zero attached hydrogens (tertiary/aromatic N) is 4. The van der Waals surface area contributed by atoms with Gasteiger partial charge in [-0.2, -0.15) is 0 Å². The Labute approximate surface area is 234 Å². The summed E-state index contributed by atoms with van der Waals surface area (Å²) in [6, 6.07) is 13.5. The molecule has 3 aromatic heterocycles. The monoisotopic (exact) mass is 540 g/mol. The molecule has 0 saturated carbocycles. The van der Waals surface area contributed by atoms with E-state index in [1.807, 2.05) is 33.0 Å². The van der Waals surface area contributed by atoms with Gasteiger partial charge in [0.05, 0.1) is 23.7 Å². The van der Waals surface area contributed by atoms with Gasteiger partial charge in [0.2, 0.25) is 0 Å². The first-order valence-electron chi connectivity index (χ1n) is 13.7. The number of H-pyrrole nitrogens is 1. The zero-order valence-corrected chi connectivity index (χ0v) is 23.7. The number of piperazine rings is 1. The number of aromatic nitrogens is 3. The maximum absolute atomic E-state index is 13.1. The van der Waals surface area contributed by atoms with Gasteiger partial charge in [0.25, 0.3) is 11.5 Å². The fourth-order valence-corrected chi connectivity index (χ4v) is 4.99. The fourth-order valence-electron chi connectivity index (χ4n) is 4.99. The van der Waals surface area contributed by atoms with Gasteiger partial charge in [-0.1, -0.05) is 6.07 Å². The van der Waals surface area contributed by atoms with Crippen LogP contribution in [0.4, 0.5) is 5.82 Å². The van der Waals surface area contributed by atoms with E-state index >= 15 is 0 Å². The minimum Gasteiger partial charge on any atom is -0.490 e. The molecule has 9 heteroatoms. The second-order valence-corrected chi connectivity index (χ2v) is 10.7. The number of carbonyl (C=O) groups excluding carboxylic acids is 1. The predicted molar refractivity (Wildman–Crippen MR) is 158 cm³/mol. The SMILES string of the molecule is Cc1cc(-c2ccc(N3CCN(C)CC3)nc2)c2ccc(C(=O)NCc3c(OC(C)C)cc(C)[nH]c3=O)cc2n1. The lowest BCUT2D eigenvalue weighted by Gasteiger charge is -2.33. The molecule has 1 saturated heterocycles. The highest BCUT2D eigenvalue weighted by Gasteiger charge is 2.17. The van der Waals surface area contributed by atoms with Crippen LogP contribution in [0.1, 0.15) is 41.2 Å². The molecule has 9 nitrogen and oxygen atoms in total. The molecule has 1 amide bonds. The summed E-state index contributed by atoms with van der Waals surface area (Å²) in [5.74, 6) is 1.17. The molecule has 2 N–H and O–H groups in total. The van der Waals surface area contributed by atoms with E-state index in [4.69, 9.17) is 14.7 Å². The van der Waals surface area contributed by atoms with Crippen LogP contribution in [0, 0.1) is 13.8 Å². The van der Waals surface area contributed by atoms with E-state index in [2.05, 4.69) is 45.3 Å². The van der Waals surface area contributed by atoms with Gasteiger partial charge in [-0.25, -0.2) is 4.98 Å². The number of hydrogen-bond donors (Lipinski definition) is 2. The van der Waals surface area contributed by atoms with Gasteiger partial charge in [-0.3, -0.25) is 14.6 Å². The number of ether oxygens (including phenoxy) is 1. The summed E-state index contributed by atoms with van der Waals surface area (Å²) < 4.78 is 5.83. The molecule has 0 radical (unpaired) electrons. The third kappa shape index (κ3) is 5.99. The zero-order valence-electron chi connectivity index (χ0n) is 23.7. The number of nitrogens with one attached hydrogen (secondary N) is 2. The van der Waals surface area contributed by atoms with Crippen LogP contribution < -0.4 is 20.5 Å². The third-order valence-electron chi connectivity index (χ3n) is 7.10. The summed E-state index contributed by atoms with van der Waals surface area (Å²) in [6.45, 7) is 11.6. The van der Waals surface area contributed by atoms with E-state index in [1.165, 1.54) is 0 Å². The number of aryl methyl sites for hydroxylation is 2. The average Bonchev–Trinajstić information content (AvgIpc) is 2.92. The van der Waals surface area contributed by atoms with Crippen LogP contribution in [0.25, 0.3) is 22.0 Å². The molecule has 0 bridgehead atoms. The van der Waals surface area contributed by atoms with E-state index in [-0.39, 0.29) is 24.1 Å². The first-order chi connectivity index (χ1) is 19.2. The first kappa shape index (κ1) is 27.3. The number of aromatic amines is 1. The average molecular weight is 541 g/mol. The van der Waals surface area contributed by atoms with Gasteiger partial charge >= 0.3 is 0 Å². The van der Waals surface area contributed by atoms with Gasteiger partial charge in [0, 0.05) is 60.3 Å². The Morgan fingerprint density at radius 1 is 1.07 bits per heavy atom. The van der Waals surface area contributed by atoms with E-state index < -0.39 is 0 Å². The number of likely N-dealkylation sites (N-methyl/N-ethyl adjacent to an activating group) is 1. The van der Waals surface area contributed by atoms with E-state index in [0.29, 0.717) is 22.6 Å². The molecule has 0 unspecified atom stereocenters. The Morgan fingerprint density at radius 3 is 2.55 bits per heavy atom. The smallest absolute Gasteiger partial charge is 0.256 e. The summed E-state index contributed by atoms with van der Waals surface area (Å²) >= 11 is 0. The summed E-state index contributed by atoms with van der Waals surface area (Å²) in [5.41, 5.74) is 4.88. The van der Waals surface area contributed by atoms with E-state index in [0.717, 1.165) is 59.7 Å². The number of rotatable bonds is 7. The van der Waals surface area contributed by atoms with Crippen LogP contribution in [0.3, 0.4) is 0 Å². The third-order valence-corrected chi connectivity index (χ3v) is 7.10. The van der Waals surface area contributed by atoms with Crippen LogP contribution in [0.15, 0.2) is 53.5 Å². The lowest BCUT2D eigenvalue weighted by Crippen LogP contribution is -2.44. The number of carbonyl (C=O) groups is 1. The Hall–Kier alpha value is -4.24. The maximum atomic E-state index is 13.1. The molecule has 0 spiro atoms. The van der Waals surface area contributed by atoms with Gasteiger partial charge in [-0.15, -0.1) is 0 Å². The molecule has 0 atom stereocenters. The van der Waals surface area contributed by atoms with Crippen molar-refractivity contribution in [3.05, 3.63) is 81.5 Å². The Morgan fingerprint density at radius 2 is 1.85 bits per heavy atom. The molecule has 1 aliphatic heterocycles. The topological polar surface area (TPSA) is 103 Å². The summed E-state index contributed by atoms with van der Waals surface area (Å²) in [7, 11) is 2.14. The van der Waals surface area contributed by atoms with Gasteiger partial charge in [-0.05, 0) is 76.7 Å². The van der Waals surface area contributed by atoms with Crippen molar-refractivity contribution in [1.82, 2.24) is 25.2 Å². The van der Waals surface area contributed by atoms with E-state index in [9.17, 15) is 9.59 Å². The summed E-state index contributed by atoms with van der Waals surface area (Å²) in [4.78, 5) is 42.6. The van der Waals surface area contributed by atoms with Crippen LogP contribution in [0.2, 0.25) is 0 Å². The lowest BCUT2D eigenvalue weighted by molar-refractivity contribution is 0.0950. The summed E-state index contributed by atoms with van der Waals surface area (Å²) in [5, 5.41) is 3.81. The second kappa shape index (κ2) is 11.5. The number of hydrogen-bond acceptors (Lipinski definition) is 7. The first-order valence-corrected chi connectivity index (χ1v) is 13.7. The normalized spacial score (nSPS) is 14.1. The maximum Gasteiger partial charge on any atom is 0.256 e. The van der Waals surface area contributed by atoms with Crippen LogP contribution >= 0.6 is 0 Å². The molecule has 208 valence electrons. The molecular formula is C31H36N6O3. The standard InChI is InChI=1S/C31H36N6O3/c1-19(2)40-28-15-21(4)35-31(39)26(28)18-33-30(38)22-6-8-24-25(14-20(3)34-27(24)16-22)23-7-9-29(32-17-23)37-12-10-36(5)11-13-37/h6-9,14-17,19H,10-13,18H2,1-5H3,(H,33,38)(H,35,39). The van der Waals surface area contributed by atoms with Crippen molar-refractivity contribution < 1.29 is 9.53 Å². The minimum absolute atomic E-state index is 0.0480. The van der Waals surface area contributed by atoms with Crippen molar-refractivity contribution in [2.75, 3.05) is 38.1 Å². The Kier molecular flexibility index (Phi) is 7.84. The molecule has 4 heterocycles. The van der Waals surface area contributed by atoms with Crippen molar-refractivity contribution in [1.29, 1.82) is 0 Å². The number of benzene rings is 1. The predicted octanol–water partition coefficient (Wildman–Crippen LogP) is 4.07.